The highest BCUT2D eigenvalue weighted by atomic mass is 16.5. The summed E-state index contributed by atoms with van der Waals surface area (Å²) in [6, 6.07) is 0.158. The number of amides is 1. The Hall–Kier alpha value is -2.22. The molecule has 0 radical (unpaired) electrons. The molecule has 3 heterocycles. The lowest BCUT2D eigenvalue weighted by molar-refractivity contribution is 0.102. The van der Waals surface area contributed by atoms with E-state index >= 15 is 0 Å². The molecule has 1 aliphatic rings. The van der Waals surface area contributed by atoms with Gasteiger partial charge in [0.2, 0.25) is 5.89 Å². The minimum Gasteiger partial charge on any atom is -0.406 e. The third kappa shape index (κ3) is 2.29. The highest BCUT2D eigenvalue weighted by molar-refractivity contribution is 6.04. The molecular weight excluding hydrogens is 262 g/mol. The molecule has 2 aromatic heterocycles. The molecule has 1 atom stereocenters. The van der Waals surface area contributed by atoms with Crippen molar-refractivity contribution in [2.45, 2.75) is 32.7 Å². The summed E-state index contributed by atoms with van der Waals surface area (Å²) in [4.78, 5) is 12.1. The van der Waals surface area contributed by atoms with E-state index in [9.17, 15) is 4.79 Å². The van der Waals surface area contributed by atoms with Crippen molar-refractivity contribution in [2.75, 3.05) is 11.9 Å². The lowest BCUT2D eigenvalue weighted by atomic mass is 10.2. The van der Waals surface area contributed by atoms with Gasteiger partial charge in [0, 0.05) is 0 Å². The summed E-state index contributed by atoms with van der Waals surface area (Å²) in [7, 11) is 0. The van der Waals surface area contributed by atoms with Crippen LogP contribution in [-0.4, -0.2) is 27.8 Å². The van der Waals surface area contributed by atoms with Crippen molar-refractivity contribution in [1.29, 1.82) is 0 Å². The molecule has 0 bridgehead atoms. The summed E-state index contributed by atoms with van der Waals surface area (Å²) in [5.74, 6) is 0.588. The Labute approximate surface area is 114 Å². The molecule has 0 spiro atoms. The maximum atomic E-state index is 12.1. The highest BCUT2D eigenvalue weighted by Crippen LogP contribution is 2.23. The van der Waals surface area contributed by atoms with E-state index in [0.717, 1.165) is 19.4 Å². The first kappa shape index (κ1) is 12.8. The van der Waals surface area contributed by atoms with Gasteiger partial charge in [0.1, 0.15) is 11.3 Å². The first-order chi connectivity index (χ1) is 9.65. The molecule has 3 rings (SSSR count). The summed E-state index contributed by atoms with van der Waals surface area (Å²) in [5, 5.41) is 17.3. The van der Waals surface area contributed by atoms with Gasteiger partial charge in [-0.2, -0.15) is 0 Å². The number of nitrogens with zero attached hydrogens (tertiary/aromatic N) is 3. The van der Waals surface area contributed by atoms with Gasteiger partial charge < -0.3 is 14.3 Å². The van der Waals surface area contributed by atoms with Crippen LogP contribution in [-0.2, 0) is 0 Å². The maximum Gasteiger partial charge on any atom is 0.322 e. The Morgan fingerprint density at radius 2 is 2.25 bits per heavy atom. The minimum atomic E-state index is -0.365. The van der Waals surface area contributed by atoms with Crippen LogP contribution in [0, 0.1) is 13.8 Å². The van der Waals surface area contributed by atoms with E-state index < -0.39 is 0 Å². The summed E-state index contributed by atoms with van der Waals surface area (Å²) >= 11 is 0. The van der Waals surface area contributed by atoms with Gasteiger partial charge in [0.15, 0.2) is 0 Å². The van der Waals surface area contributed by atoms with Gasteiger partial charge in [-0.15, -0.1) is 5.10 Å². The zero-order valence-corrected chi connectivity index (χ0v) is 11.3. The fourth-order valence-electron chi connectivity index (χ4n) is 2.29. The summed E-state index contributed by atoms with van der Waals surface area (Å²) in [6.45, 7) is 4.32. The van der Waals surface area contributed by atoms with Crippen LogP contribution in [0.4, 0.5) is 6.01 Å². The number of aryl methyl sites for hydroxylation is 2. The molecule has 2 N–H and O–H groups in total. The number of rotatable bonds is 3. The van der Waals surface area contributed by atoms with Gasteiger partial charge in [-0.25, -0.2) is 0 Å². The van der Waals surface area contributed by atoms with Crippen molar-refractivity contribution in [2.24, 2.45) is 0 Å². The molecule has 0 aromatic carbocycles. The van der Waals surface area contributed by atoms with Crippen molar-refractivity contribution in [3.8, 4) is 0 Å². The van der Waals surface area contributed by atoms with E-state index in [0.29, 0.717) is 22.9 Å². The topological polar surface area (TPSA) is 106 Å². The fraction of sp³-hybridized carbons (Fsp3) is 0.500. The van der Waals surface area contributed by atoms with Crippen LogP contribution in [0.3, 0.4) is 0 Å². The maximum absolute atomic E-state index is 12.1. The quantitative estimate of drug-likeness (QED) is 0.872. The van der Waals surface area contributed by atoms with Crippen LogP contribution in [0.25, 0.3) is 0 Å². The lowest BCUT2D eigenvalue weighted by Gasteiger charge is -2.02. The van der Waals surface area contributed by atoms with E-state index in [-0.39, 0.29) is 18.0 Å². The molecule has 0 saturated carbocycles. The summed E-state index contributed by atoms with van der Waals surface area (Å²) < 4.78 is 10.4. The van der Waals surface area contributed by atoms with E-state index in [2.05, 4.69) is 26.0 Å². The Kier molecular flexibility index (Phi) is 3.23. The van der Waals surface area contributed by atoms with Gasteiger partial charge >= 0.3 is 6.01 Å². The number of hydrogen-bond donors (Lipinski definition) is 2. The number of carbonyl (C=O) groups is 1. The van der Waals surface area contributed by atoms with E-state index in [1.807, 2.05) is 0 Å². The SMILES string of the molecule is Cc1noc(C)c1C(=O)Nc1nnc(C2CCCN2)o1. The van der Waals surface area contributed by atoms with E-state index in [1.165, 1.54) is 0 Å². The third-order valence-electron chi connectivity index (χ3n) is 3.28. The normalized spacial score (nSPS) is 18.4. The van der Waals surface area contributed by atoms with Gasteiger partial charge in [-0.1, -0.05) is 10.3 Å². The van der Waals surface area contributed by atoms with Gasteiger partial charge in [0.05, 0.1) is 11.7 Å². The molecule has 106 valence electrons. The molecular formula is C12H15N5O3. The molecule has 8 heteroatoms. The van der Waals surface area contributed by atoms with E-state index in [1.54, 1.807) is 13.8 Å². The van der Waals surface area contributed by atoms with Crippen molar-refractivity contribution < 1.29 is 13.7 Å². The molecule has 0 aliphatic carbocycles. The first-order valence-corrected chi connectivity index (χ1v) is 6.46. The zero-order chi connectivity index (χ0) is 14.1. The number of nitrogens with one attached hydrogen (secondary N) is 2. The Morgan fingerprint density at radius 1 is 1.40 bits per heavy atom. The largest absolute Gasteiger partial charge is 0.406 e. The molecule has 1 unspecified atom stereocenters. The van der Waals surface area contributed by atoms with Crippen molar-refractivity contribution in [1.82, 2.24) is 20.7 Å². The summed E-state index contributed by atoms with van der Waals surface area (Å²) in [6.07, 6.45) is 2.03. The molecule has 1 saturated heterocycles. The van der Waals surface area contributed by atoms with Gasteiger partial charge in [-0.05, 0) is 33.2 Å². The van der Waals surface area contributed by atoms with Gasteiger partial charge in [-0.3, -0.25) is 10.1 Å². The Balaban J connectivity index is 1.73. The van der Waals surface area contributed by atoms with Crippen LogP contribution < -0.4 is 10.6 Å². The third-order valence-corrected chi connectivity index (χ3v) is 3.28. The minimum absolute atomic E-state index is 0.0761. The molecule has 8 nitrogen and oxygen atoms in total. The van der Waals surface area contributed by atoms with Crippen LogP contribution in [0.2, 0.25) is 0 Å². The molecule has 2 aromatic rings. The molecule has 1 aliphatic heterocycles. The average Bonchev–Trinajstić information content (AvgIpc) is 3.10. The van der Waals surface area contributed by atoms with Crippen molar-refractivity contribution >= 4 is 11.9 Å². The predicted molar refractivity (Wildman–Crippen MR) is 68.2 cm³/mol. The van der Waals surface area contributed by atoms with E-state index in [4.69, 9.17) is 8.94 Å². The smallest absolute Gasteiger partial charge is 0.322 e. The zero-order valence-electron chi connectivity index (χ0n) is 11.3. The second kappa shape index (κ2) is 5.04. The number of carbonyl (C=O) groups excluding carboxylic acids is 1. The average molecular weight is 277 g/mol. The predicted octanol–water partition coefficient (Wildman–Crippen LogP) is 1.35. The molecule has 20 heavy (non-hydrogen) atoms. The second-order valence-electron chi connectivity index (χ2n) is 4.75. The standard InChI is InChI=1S/C12H15N5O3/c1-6-9(7(2)20-17-6)10(18)14-12-16-15-11(19-12)8-4-3-5-13-8/h8,13H,3-5H2,1-2H3,(H,14,16,18). The molecule has 1 amide bonds. The summed E-state index contributed by atoms with van der Waals surface area (Å²) in [5.41, 5.74) is 0.918. The van der Waals surface area contributed by atoms with Crippen LogP contribution in [0.5, 0.6) is 0 Å². The second-order valence-corrected chi connectivity index (χ2v) is 4.75. The van der Waals surface area contributed by atoms with Crippen LogP contribution in [0.1, 0.15) is 46.6 Å². The Bertz CT molecular complexity index is 607. The highest BCUT2D eigenvalue weighted by Gasteiger charge is 2.24. The number of anilines is 1. The van der Waals surface area contributed by atoms with Gasteiger partial charge in [0.25, 0.3) is 5.91 Å². The number of hydrogen-bond acceptors (Lipinski definition) is 7. The van der Waals surface area contributed by atoms with Crippen molar-refractivity contribution in [3.63, 3.8) is 0 Å². The molecule has 1 fully saturated rings. The lowest BCUT2D eigenvalue weighted by Crippen LogP contribution is -2.14. The van der Waals surface area contributed by atoms with Crippen LogP contribution in [0.15, 0.2) is 8.94 Å². The van der Waals surface area contributed by atoms with Crippen molar-refractivity contribution in [3.05, 3.63) is 22.9 Å². The fourth-order valence-corrected chi connectivity index (χ4v) is 2.29. The Morgan fingerprint density at radius 3 is 2.90 bits per heavy atom. The number of aromatic nitrogens is 3. The van der Waals surface area contributed by atoms with Crippen LogP contribution >= 0.6 is 0 Å². The first-order valence-electron chi connectivity index (χ1n) is 6.46. The monoisotopic (exact) mass is 277 g/mol.